The van der Waals surface area contributed by atoms with Crippen LogP contribution in [0.2, 0.25) is 0 Å². The van der Waals surface area contributed by atoms with Crippen LogP contribution in [0.4, 0.5) is 0 Å². The minimum absolute atomic E-state index is 0. The molecule has 0 amide bonds. The zero-order valence-corrected chi connectivity index (χ0v) is 48.5. The molecule has 9 rings (SSSR count). The monoisotopic (exact) mass is 1120 g/mol. The van der Waals surface area contributed by atoms with Crippen LogP contribution in [0.15, 0.2) is 11.6 Å². The van der Waals surface area contributed by atoms with Crippen LogP contribution in [0.25, 0.3) is 0 Å². The summed E-state index contributed by atoms with van der Waals surface area (Å²) in [6.07, 6.45) is -22.8. The van der Waals surface area contributed by atoms with Crippen LogP contribution in [0.5, 0.6) is 0 Å². The maximum atomic E-state index is 13.6. The normalized spacial score (nSPS) is 51.0. The number of aliphatic hydroxyl groups excluding tert-OH is 10. The number of hydrogen-bond donors (Lipinski definition) is 11. The predicted octanol–water partition coefficient (Wildman–Crippen LogP) is -3.58. The first kappa shape index (κ1) is 62.5. The molecular formula is C54H84NaO23+. The average Bonchev–Trinajstić information content (AvgIpc) is 3.60. The Labute approximate surface area is 476 Å². The number of hydrogen-bond acceptors (Lipinski definition) is 22. The molecule has 438 valence electrons. The Morgan fingerprint density at radius 3 is 2.06 bits per heavy atom. The molecule has 78 heavy (non-hydrogen) atoms. The maximum Gasteiger partial charge on any atom is 1.00 e. The number of carboxylic acid groups (broad SMARTS) is 1. The first-order valence-electron chi connectivity index (χ1n) is 27.4. The zero-order chi connectivity index (χ0) is 56.4. The van der Waals surface area contributed by atoms with Gasteiger partial charge in [0.25, 0.3) is 0 Å². The minimum atomic E-state index is -2.09. The Balaban J connectivity index is 0.00000803. The van der Waals surface area contributed by atoms with E-state index in [1.807, 2.05) is 6.92 Å². The second-order valence-electron chi connectivity index (χ2n) is 25.8. The van der Waals surface area contributed by atoms with Crippen molar-refractivity contribution in [1.29, 1.82) is 0 Å². The van der Waals surface area contributed by atoms with Crippen molar-refractivity contribution in [2.24, 2.45) is 56.2 Å². The molecule has 4 aliphatic heterocycles. The van der Waals surface area contributed by atoms with Crippen molar-refractivity contribution >= 4 is 17.9 Å². The summed E-state index contributed by atoms with van der Waals surface area (Å²) in [5.74, 6) is -3.82. The van der Waals surface area contributed by atoms with Gasteiger partial charge in [0.2, 0.25) is 0 Å². The number of ether oxygens (including phenoxy) is 9. The van der Waals surface area contributed by atoms with E-state index in [2.05, 4.69) is 40.7 Å². The van der Waals surface area contributed by atoms with Gasteiger partial charge in [-0.2, -0.15) is 0 Å². The van der Waals surface area contributed by atoms with E-state index in [0.717, 1.165) is 0 Å². The van der Waals surface area contributed by atoms with Crippen LogP contribution in [-0.2, 0) is 57.0 Å². The van der Waals surface area contributed by atoms with E-state index < -0.39 is 181 Å². The van der Waals surface area contributed by atoms with Crippen molar-refractivity contribution in [3.63, 3.8) is 0 Å². The van der Waals surface area contributed by atoms with Crippen molar-refractivity contribution in [2.45, 2.75) is 224 Å². The fraction of sp³-hybridized carbons (Fsp3) is 0.907. The molecule has 4 saturated carbocycles. The second kappa shape index (κ2) is 22.5. The van der Waals surface area contributed by atoms with Gasteiger partial charge in [-0.1, -0.05) is 53.2 Å². The van der Waals surface area contributed by atoms with Gasteiger partial charge < -0.3 is 98.8 Å². The van der Waals surface area contributed by atoms with E-state index >= 15 is 0 Å². The number of carboxylic acids is 1. The van der Waals surface area contributed by atoms with Crippen LogP contribution in [0.1, 0.15) is 107 Å². The van der Waals surface area contributed by atoms with Crippen molar-refractivity contribution in [1.82, 2.24) is 0 Å². The Bertz CT molecular complexity index is 2240. The van der Waals surface area contributed by atoms with Crippen LogP contribution >= 0.6 is 0 Å². The summed E-state index contributed by atoms with van der Waals surface area (Å²) in [5, 5.41) is 120. The largest absolute Gasteiger partial charge is 1.00 e. The molecular weight excluding hydrogens is 1040 g/mol. The Hall–Kier alpha value is -1.53. The Kier molecular flexibility index (Phi) is 18.0. The molecule has 8 fully saturated rings. The van der Waals surface area contributed by atoms with Crippen molar-refractivity contribution in [3.8, 4) is 0 Å². The zero-order valence-electron chi connectivity index (χ0n) is 46.5. The third-order valence-electron chi connectivity index (χ3n) is 21.3. The van der Waals surface area contributed by atoms with E-state index in [-0.39, 0.29) is 65.9 Å². The maximum absolute atomic E-state index is 13.6. The summed E-state index contributed by atoms with van der Waals surface area (Å²) in [7, 11) is 0. The first-order chi connectivity index (χ1) is 36.0. The Morgan fingerprint density at radius 2 is 1.42 bits per heavy atom. The molecule has 0 aromatic carbocycles. The minimum Gasteiger partial charge on any atom is -0.479 e. The van der Waals surface area contributed by atoms with E-state index in [1.165, 1.54) is 12.5 Å². The van der Waals surface area contributed by atoms with Crippen LogP contribution < -0.4 is 29.6 Å². The smallest absolute Gasteiger partial charge is 0.479 e. The van der Waals surface area contributed by atoms with Gasteiger partial charge in [0.1, 0.15) is 73.8 Å². The molecule has 4 saturated heterocycles. The van der Waals surface area contributed by atoms with E-state index in [1.54, 1.807) is 13.8 Å². The molecule has 4 heterocycles. The molecule has 9 aliphatic rings. The number of allylic oxidation sites excluding steroid dienone is 2. The van der Waals surface area contributed by atoms with E-state index in [0.29, 0.717) is 44.9 Å². The summed E-state index contributed by atoms with van der Waals surface area (Å²) in [6, 6.07) is 0. The number of aliphatic carboxylic acids is 1. The molecule has 0 radical (unpaired) electrons. The van der Waals surface area contributed by atoms with Crippen molar-refractivity contribution in [3.05, 3.63) is 11.6 Å². The fourth-order valence-corrected chi connectivity index (χ4v) is 16.5. The molecule has 10 unspecified atom stereocenters. The van der Waals surface area contributed by atoms with E-state index in [9.17, 15) is 70.6 Å². The molecule has 5 aliphatic carbocycles. The van der Waals surface area contributed by atoms with Gasteiger partial charge in [0, 0.05) is 12.3 Å². The van der Waals surface area contributed by atoms with Gasteiger partial charge in [-0.15, -0.1) is 0 Å². The molecule has 23 nitrogen and oxygen atoms in total. The standard InChI is InChI=1S/C54H84O23.Na/c1-22(23(2)71-24(3)57)45(68)70-21-54-26-16-49(4,5)43(42(54)65)73-32(54)17-53(9)25(26)10-11-30-50(6)14-13-31(51(7,20-56)29(50)12-15-52(30,53)8)74-48-40(76-46-36(62)33(59)27(58)19-69-46)38(64)39(41(77-48)44(66)67)75-47-37(63)35(61)34(60)28(18-55)72-47;/h10,22-23,26-43,46-48,55-56,58-65H,11-21H2,1-9H3,(H,66,67);/q;+1/t22?,23?,26?,27-,28-,29?,30?,31?,32-,33+,34-,35+,36+,37+,38+,39-,40-,41+,42?,43-,46+,47-,48-,50?,51-,52?,53-,54?;/m1./s1. The summed E-state index contributed by atoms with van der Waals surface area (Å²) in [4.78, 5) is 38.4. The number of carbonyl (C=O) groups is 3. The number of aliphatic hydroxyl groups is 10. The number of esters is 2. The molecule has 24 heteroatoms. The van der Waals surface area contributed by atoms with Gasteiger partial charge in [0.15, 0.2) is 25.0 Å². The van der Waals surface area contributed by atoms with Crippen molar-refractivity contribution in [2.75, 3.05) is 26.4 Å². The van der Waals surface area contributed by atoms with Crippen molar-refractivity contribution < 1.29 is 143 Å². The molecule has 2 bridgehead atoms. The molecule has 11 N–H and O–H groups in total. The molecule has 0 aromatic heterocycles. The number of carbonyl (C=O) groups excluding carboxylic acids is 2. The summed E-state index contributed by atoms with van der Waals surface area (Å²) < 4.78 is 54.3. The summed E-state index contributed by atoms with van der Waals surface area (Å²) in [6.45, 7) is 15.8. The quantitative estimate of drug-likeness (QED) is 0.0347. The predicted molar refractivity (Wildman–Crippen MR) is 261 cm³/mol. The number of fused-ring (bicyclic) bond motifs is 7. The van der Waals surface area contributed by atoms with Crippen LogP contribution in [0.3, 0.4) is 0 Å². The first-order valence-corrected chi connectivity index (χ1v) is 27.4. The van der Waals surface area contributed by atoms with E-state index in [4.69, 9.17) is 42.6 Å². The van der Waals surface area contributed by atoms with Crippen LogP contribution in [0, 0.1) is 56.2 Å². The Morgan fingerprint density at radius 1 is 0.756 bits per heavy atom. The van der Waals surface area contributed by atoms with Gasteiger partial charge in [-0.3, -0.25) is 9.59 Å². The second-order valence-corrected chi connectivity index (χ2v) is 25.8. The molecule has 0 spiro atoms. The summed E-state index contributed by atoms with van der Waals surface area (Å²) in [5.41, 5.74) is -2.40. The fourth-order valence-electron chi connectivity index (χ4n) is 16.5. The average molecular weight is 1120 g/mol. The van der Waals surface area contributed by atoms with Crippen LogP contribution in [-0.4, -0.2) is 217 Å². The molecule has 28 atom stereocenters. The van der Waals surface area contributed by atoms with Gasteiger partial charge in [0.05, 0.1) is 55.6 Å². The van der Waals surface area contributed by atoms with Gasteiger partial charge in [-0.05, 0) is 98.2 Å². The number of rotatable bonds is 14. The third kappa shape index (κ3) is 9.81. The van der Waals surface area contributed by atoms with Gasteiger partial charge in [-0.25, -0.2) is 4.79 Å². The topological polar surface area (TPSA) is 357 Å². The third-order valence-corrected chi connectivity index (χ3v) is 21.3. The summed E-state index contributed by atoms with van der Waals surface area (Å²) >= 11 is 0. The molecule has 0 aromatic rings. The van der Waals surface area contributed by atoms with Gasteiger partial charge >= 0.3 is 47.5 Å². The SMILES string of the molecule is CC(=O)OC(C)C(C)C(=O)OCC12C3CC(C)(C)[C@H](O[C@@H]1C[C@]1(C)C3=CCC3C4(C)CCC(O[C@@H]5O[C@H](C(=O)O)[C@H](O[C@H]6O[C@H](CO)[C@@H](O)[C@H](O)[C@@H]6O)[C@H](O)[C@H]5O[C@@H]5OC[C@@H](O)[C@H](O)[C@@H]5O)[C@](C)(CO)C4CCC31C)C2O.[Na+].